The molecular formula is C14H23ClO. The van der Waals surface area contributed by atoms with Gasteiger partial charge in [-0.25, -0.2) is 0 Å². The van der Waals surface area contributed by atoms with E-state index in [1.165, 1.54) is 12.8 Å². The van der Waals surface area contributed by atoms with Gasteiger partial charge >= 0.3 is 0 Å². The van der Waals surface area contributed by atoms with Gasteiger partial charge in [-0.05, 0) is 44.4 Å². The molecule has 0 aromatic rings. The lowest BCUT2D eigenvalue weighted by molar-refractivity contribution is -0.128. The fraction of sp³-hybridized carbons (Fsp3) is 0.929. The zero-order valence-corrected chi connectivity index (χ0v) is 11.0. The van der Waals surface area contributed by atoms with Gasteiger partial charge in [0.2, 0.25) is 0 Å². The minimum absolute atomic E-state index is 0.329. The first kappa shape index (κ1) is 12.4. The van der Waals surface area contributed by atoms with Crippen LogP contribution in [0.5, 0.6) is 0 Å². The van der Waals surface area contributed by atoms with Gasteiger partial charge in [0.25, 0.3) is 0 Å². The summed E-state index contributed by atoms with van der Waals surface area (Å²) in [7, 11) is 0. The molecular weight excluding hydrogens is 220 g/mol. The quantitative estimate of drug-likeness (QED) is 0.664. The number of hydrogen-bond donors (Lipinski definition) is 0. The van der Waals surface area contributed by atoms with Crippen LogP contribution in [0.15, 0.2) is 0 Å². The van der Waals surface area contributed by atoms with Crippen molar-refractivity contribution < 1.29 is 4.79 Å². The molecule has 0 aliphatic heterocycles. The molecule has 0 aromatic carbocycles. The van der Waals surface area contributed by atoms with Gasteiger partial charge in [0.05, 0.1) is 0 Å². The van der Waals surface area contributed by atoms with Crippen LogP contribution >= 0.6 is 11.6 Å². The van der Waals surface area contributed by atoms with Crippen molar-refractivity contribution in [2.24, 2.45) is 17.8 Å². The zero-order valence-electron chi connectivity index (χ0n) is 10.3. The molecule has 92 valence electrons. The minimum atomic E-state index is 0.329. The normalized spacial score (nSPS) is 40.6. The molecule has 0 spiro atoms. The summed E-state index contributed by atoms with van der Waals surface area (Å²) in [6, 6.07) is 0. The lowest BCUT2D eigenvalue weighted by Crippen LogP contribution is -2.30. The van der Waals surface area contributed by atoms with Gasteiger partial charge in [0.15, 0.2) is 0 Å². The van der Waals surface area contributed by atoms with Crippen molar-refractivity contribution in [3.63, 3.8) is 0 Å². The summed E-state index contributed by atoms with van der Waals surface area (Å²) in [4.78, 5) is 12.3. The highest BCUT2D eigenvalue weighted by Gasteiger charge is 2.31. The Morgan fingerprint density at radius 3 is 1.81 bits per heavy atom. The minimum Gasteiger partial charge on any atom is -0.299 e. The molecule has 16 heavy (non-hydrogen) atoms. The molecule has 0 aromatic heterocycles. The van der Waals surface area contributed by atoms with E-state index >= 15 is 0 Å². The van der Waals surface area contributed by atoms with Gasteiger partial charge in [-0.1, -0.05) is 19.8 Å². The Hall–Kier alpha value is -0.0400. The standard InChI is InChI=1S/C14H23ClO/c1-10-2-4-11(5-3-10)14(16)12-6-8-13(15)9-7-12/h10-13H,2-9H2,1H3. The molecule has 0 saturated heterocycles. The SMILES string of the molecule is CC1CCC(C(=O)C2CCC(Cl)CC2)CC1. The molecule has 0 unspecified atom stereocenters. The Labute approximate surface area is 104 Å². The molecule has 0 atom stereocenters. The molecule has 2 heteroatoms. The highest BCUT2D eigenvalue weighted by molar-refractivity contribution is 6.20. The van der Waals surface area contributed by atoms with E-state index in [9.17, 15) is 4.79 Å². The second kappa shape index (κ2) is 5.53. The van der Waals surface area contributed by atoms with Crippen LogP contribution < -0.4 is 0 Å². The maximum atomic E-state index is 12.3. The van der Waals surface area contributed by atoms with Crippen LogP contribution in [-0.4, -0.2) is 11.2 Å². The fourth-order valence-electron chi connectivity index (χ4n) is 3.22. The predicted molar refractivity (Wildman–Crippen MR) is 67.7 cm³/mol. The summed E-state index contributed by atoms with van der Waals surface area (Å²) >= 11 is 6.08. The average molecular weight is 243 g/mol. The van der Waals surface area contributed by atoms with Gasteiger partial charge in [-0.3, -0.25) is 4.79 Å². The summed E-state index contributed by atoms with van der Waals surface area (Å²) in [6.45, 7) is 2.30. The summed E-state index contributed by atoms with van der Waals surface area (Å²) in [5.74, 6) is 2.12. The topological polar surface area (TPSA) is 17.1 Å². The van der Waals surface area contributed by atoms with E-state index in [1.54, 1.807) is 0 Å². The first-order valence-corrected chi connectivity index (χ1v) is 7.28. The van der Waals surface area contributed by atoms with Crippen molar-refractivity contribution in [1.82, 2.24) is 0 Å². The Morgan fingerprint density at radius 1 is 0.875 bits per heavy atom. The molecule has 0 amide bonds. The number of carbonyl (C=O) groups is 1. The number of rotatable bonds is 2. The van der Waals surface area contributed by atoms with E-state index in [0.717, 1.165) is 44.4 Å². The Kier molecular flexibility index (Phi) is 4.29. The summed E-state index contributed by atoms with van der Waals surface area (Å²) in [5.41, 5.74) is 0. The average Bonchev–Trinajstić information content (AvgIpc) is 2.30. The van der Waals surface area contributed by atoms with Crippen molar-refractivity contribution in [2.45, 2.75) is 63.7 Å². The van der Waals surface area contributed by atoms with Gasteiger partial charge < -0.3 is 0 Å². The van der Waals surface area contributed by atoms with Crippen molar-refractivity contribution >= 4 is 17.4 Å². The van der Waals surface area contributed by atoms with Crippen LogP contribution in [0.3, 0.4) is 0 Å². The summed E-state index contributed by atoms with van der Waals surface area (Å²) in [5, 5.41) is 0.329. The number of Topliss-reactive ketones (excluding diaryl/α,β-unsaturated/α-hetero) is 1. The van der Waals surface area contributed by atoms with Gasteiger partial charge in [0, 0.05) is 17.2 Å². The van der Waals surface area contributed by atoms with E-state index in [2.05, 4.69) is 6.92 Å². The van der Waals surface area contributed by atoms with Crippen LogP contribution in [0, 0.1) is 17.8 Å². The Morgan fingerprint density at radius 2 is 1.31 bits per heavy atom. The summed E-state index contributed by atoms with van der Waals surface area (Å²) < 4.78 is 0. The van der Waals surface area contributed by atoms with Crippen molar-refractivity contribution in [3.05, 3.63) is 0 Å². The molecule has 0 radical (unpaired) electrons. The van der Waals surface area contributed by atoms with Crippen molar-refractivity contribution in [2.75, 3.05) is 0 Å². The van der Waals surface area contributed by atoms with E-state index < -0.39 is 0 Å². The maximum Gasteiger partial charge on any atom is 0.139 e. The zero-order chi connectivity index (χ0) is 11.5. The van der Waals surface area contributed by atoms with E-state index in [-0.39, 0.29) is 0 Å². The van der Waals surface area contributed by atoms with Gasteiger partial charge in [0.1, 0.15) is 5.78 Å². The lowest BCUT2D eigenvalue weighted by Gasteiger charge is -2.30. The van der Waals surface area contributed by atoms with Crippen molar-refractivity contribution in [1.29, 1.82) is 0 Å². The second-order valence-electron chi connectivity index (χ2n) is 5.81. The smallest absolute Gasteiger partial charge is 0.139 e. The number of halogens is 1. The molecule has 2 fully saturated rings. The first-order valence-electron chi connectivity index (χ1n) is 6.84. The molecule has 0 heterocycles. The molecule has 2 aliphatic carbocycles. The Bertz CT molecular complexity index is 211. The Balaban J connectivity index is 1.83. The molecule has 0 N–H and O–H groups in total. The van der Waals surface area contributed by atoms with Crippen molar-refractivity contribution in [3.8, 4) is 0 Å². The number of alkyl halides is 1. The lowest BCUT2D eigenvalue weighted by atomic mass is 9.74. The van der Waals surface area contributed by atoms with Crippen LogP contribution in [0.2, 0.25) is 0 Å². The molecule has 2 aliphatic rings. The first-order chi connectivity index (χ1) is 7.66. The van der Waals surface area contributed by atoms with E-state index in [1.807, 2.05) is 0 Å². The van der Waals surface area contributed by atoms with Gasteiger partial charge in [-0.15, -0.1) is 11.6 Å². The third-order valence-electron chi connectivity index (χ3n) is 4.48. The number of carbonyl (C=O) groups excluding carboxylic acids is 1. The third-order valence-corrected chi connectivity index (χ3v) is 4.91. The third kappa shape index (κ3) is 3.00. The van der Waals surface area contributed by atoms with E-state index in [0.29, 0.717) is 23.0 Å². The highest BCUT2D eigenvalue weighted by atomic mass is 35.5. The molecule has 0 bridgehead atoms. The highest BCUT2D eigenvalue weighted by Crippen LogP contribution is 2.35. The predicted octanol–water partition coefficient (Wildman–Crippen LogP) is 4.18. The summed E-state index contributed by atoms with van der Waals surface area (Å²) in [6.07, 6.45) is 8.95. The maximum absolute atomic E-state index is 12.3. The largest absolute Gasteiger partial charge is 0.299 e. The monoisotopic (exact) mass is 242 g/mol. The van der Waals surface area contributed by atoms with Crippen LogP contribution in [0.25, 0.3) is 0 Å². The molecule has 2 rings (SSSR count). The second-order valence-corrected chi connectivity index (χ2v) is 6.43. The molecule has 1 nitrogen and oxygen atoms in total. The van der Waals surface area contributed by atoms with Crippen LogP contribution in [0.1, 0.15) is 58.3 Å². The molecule has 2 saturated carbocycles. The van der Waals surface area contributed by atoms with Gasteiger partial charge in [-0.2, -0.15) is 0 Å². The van der Waals surface area contributed by atoms with E-state index in [4.69, 9.17) is 11.6 Å². The van der Waals surface area contributed by atoms with Crippen LogP contribution in [0.4, 0.5) is 0 Å². The van der Waals surface area contributed by atoms with Crippen LogP contribution in [-0.2, 0) is 4.79 Å². The number of ketones is 1. The fourth-order valence-corrected chi connectivity index (χ4v) is 3.47. The number of hydrogen-bond acceptors (Lipinski definition) is 1.